The second-order valence-corrected chi connectivity index (χ2v) is 5.36. The van der Waals surface area contributed by atoms with E-state index in [1.54, 1.807) is 0 Å². The minimum absolute atomic E-state index is 0.659. The van der Waals surface area contributed by atoms with Crippen LogP contribution in [0.3, 0.4) is 0 Å². The minimum atomic E-state index is 0.659. The highest BCUT2D eigenvalue weighted by molar-refractivity contribution is 9.10. The first kappa shape index (κ1) is 14.0. The molecule has 1 aromatic rings. The molecule has 0 bridgehead atoms. The summed E-state index contributed by atoms with van der Waals surface area (Å²) in [5.41, 5.74) is 1.19. The van der Waals surface area contributed by atoms with E-state index in [2.05, 4.69) is 51.8 Å². The first-order valence-corrected chi connectivity index (χ1v) is 7.59. The molecule has 0 atom stereocenters. The van der Waals surface area contributed by atoms with Crippen LogP contribution in [0.15, 0.2) is 22.7 Å². The van der Waals surface area contributed by atoms with E-state index in [1.807, 2.05) is 12.1 Å². The van der Waals surface area contributed by atoms with Crippen molar-refractivity contribution in [2.75, 3.05) is 6.61 Å². The van der Waals surface area contributed by atoms with Crippen LogP contribution in [-0.2, 0) is 5.33 Å². The number of halogens is 2. The van der Waals surface area contributed by atoms with Crippen LogP contribution in [0.4, 0.5) is 0 Å². The van der Waals surface area contributed by atoms with Gasteiger partial charge < -0.3 is 4.74 Å². The van der Waals surface area contributed by atoms with E-state index in [-0.39, 0.29) is 0 Å². The third kappa shape index (κ3) is 4.10. The van der Waals surface area contributed by atoms with Crippen LogP contribution < -0.4 is 4.74 Å². The van der Waals surface area contributed by atoms with E-state index in [0.29, 0.717) is 5.92 Å². The Balaban J connectivity index is 2.65. The second kappa shape index (κ2) is 7.33. The summed E-state index contributed by atoms with van der Waals surface area (Å²) in [5.74, 6) is 1.65. The van der Waals surface area contributed by atoms with Gasteiger partial charge in [-0.25, -0.2) is 0 Å². The maximum atomic E-state index is 5.88. The highest BCUT2D eigenvalue weighted by Gasteiger charge is 2.07. The van der Waals surface area contributed by atoms with Gasteiger partial charge in [0.05, 0.1) is 6.61 Å². The summed E-state index contributed by atoms with van der Waals surface area (Å²) in [6.07, 6.45) is 2.35. The first-order valence-electron chi connectivity index (χ1n) is 5.68. The van der Waals surface area contributed by atoms with E-state index in [0.717, 1.165) is 22.2 Å². The van der Waals surface area contributed by atoms with E-state index in [9.17, 15) is 0 Å². The zero-order valence-corrected chi connectivity index (χ0v) is 13.0. The van der Waals surface area contributed by atoms with Gasteiger partial charge >= 0.3 is 0 Å². The van der Waals surface area contributed by atoms with Gasteiger partial charge in [0.1, 0.15) is 5.75 Å². The Labute approximate surface area is 115 Å². The molecule has 0 fully saturated rings. The van der Waals surface area contributed by atoms with Crippen molar-refractivity contribution in [3.8, 4) is 5.75 Å². The number of hydrogen-bond acceptors (Lipinski definition) is 1. The van der Waals surface area contributed by atoms with E-state index < -0.39 is 0 Å². The molecule has 0 heterocycles. The summed E-state index contributed by atoms with van der Waals surface area (Å²) in [4.78, 5) is 0. The zero-order valence-electron chi connectivity index (χ0n) is 9.80. The molecular formula is C13H18Br2O. The highest BCUT2D eigenvalue weighted by atomic mass is 79.9. The fourth-order valence-corrected chi connectivity index (χ4v) is 2.37. The van der Waals surface area contributed by atoms with Crippen molar-refractivity contribution >= 4 is 31.9 Å². The highest BCUT2D eigenvalue weighted by Crippen LogP contribution is 2.26. The standard InChI is InChI=1S/C13H18Br2O/c1-3-10(4-2)9-16-13-6-5-12(15)7-11(13)8-14/h5-7,10H,3-4,8-9H2,1-2H3. The van der Waals surface area contributed by atoms with Crippen molar-refractivity contribution < 1.29 is 4.74 Å². The smallest absolute Gasteiger partial charge is 0.123 e. The Kier molecular flexibility index (Phi) is 6.44. The molecular weight excluding hydrogens is 332 g/mol. The average molecular weight is 350 g/mol. The molecule has 1 nitrogen and oxygen atoms in total. The van der Waals surface area contributed by atoms with Crippen LogP contribution in [0.5, 0.6) is 5.75 Å². The van der Waals surface area contributed by atoms with Gasteiger partial charge in [-0.1, -0.05) is 58.5 Å². The van der Waals surface area contributed by atoms with Crippen LogP contribution in [0.2, 0.25) is 0 Å². The van der Waals surface area contributed by atoms with Crippen molar-refractivity contribution in [2.45, 2.75) is 32.0 Å². The van der Waals surface area contributed by atoms with Crippen molar-refractivity contribution in [1.82, 2.24) is 0 Å². The SMILES string of the molecule is CCC(CC)COc1ccc(Br)cc1CBr. The molecule has 0 spiro atoms. The van der Waals surface area contributed by atoms with Crippen LogP contribution in [0.25, 0.3) is 0 Å². The summed E-state index contributed by atoms with van der Waals surface area (Å²) in [5, 5.41) is 0.824. The fourth-order valence-electron chi connectivity index (χ4n) is 1.53. The molecule has 0 radical (unpaired) electrons. The van der Waals surface area contributed by atoms with E-state index in [4.69, 9.17) is 4.74 Å². The monoisotopic (exact) mass is 348 g/mol. The topological polar surface area (TPSA) is 9.23 Å². The predicted molar refractivity (Wildman–Crippen MR) is 76.3 cm³/mol. The summed E-state index contributed by atoms with van der Waals surface area (Å²) in [6.45, 7) is 5.24. The molecule has 0 amide bonds. The van der Waals surface area contributed by atoms with Crippen molar-refractivity contribution in [3.63, 3.8) is 0 Å². The van der Waals surface area contributed by atoms with Crippen LogP contribution >= 0.6 is 31.9 Å². The van der Waals surface area contributed by atoms with Gasteiger partial charge in [-0.15, -0.1) is 0 Å². The van der Waals surface area contributed by atoms with Crippen LogP contribution in [-0.4, -0.2) is 6.61 Å². The molecule has 0 saturated heterocycles. The molecule has 90 valence electrons. The maximum Gasteiger partial charge on any atom is 0.123 e. The number of benzene rings is 1. The molecule has 0 aromatic heterocycles. The van der Waals surface area contributed by atoms with Crippen LogP contribution in [0.1, 0.15) is 32.3 Å². The Morgan fingerprint density at radius 2 is 1.94 bits per heavy atom. The molecule has 0 unspecified atom stereocenters. The van der Waals surface area contributed by atoms with Gasteiger partial charge in [-0.3, -0.25) is 0 Å². The first-order chi connectivity index (χ1) is 7.71. The van der Waals surface area contributed by atoms with Gasteiger partial charge in [-0.2, -0.15) is 0 Å². The Hall–Kier alpha value is -0.0200. The Morgan fingerprint density at radius 1 is 1.25 bits per heavy atom. The number of hydrogen-bond donors (Lipinski definition) is 0. The molecule has 0 N–H and O–H groups in total. The molecule has 1 rings (SSSR count). The normalized spacial score (nSPS) is 10.8. The van der Waals surface area contributed by atoms with Crippen molar-refractivity contribution in [2.24, 2.45) is 5.92 Å². The van der Waals surface area contributed by atoms with Crippen molar-refractivity contribution in [1.29, 1.82) is 0 Å². The van der Waals surface area contributed by atoms with Gasteiger partial charge in [0.2, 0.25) is 0 Å². The summed E-state index contributed by atoms with van der Waals surface area (Å²) in [6, 6.07) is 6.15. The number of alkyl halides is 1. The Morgan fingerprint density at radius 3 is 2.50 bits per heavy atom. The molecule has 1 aromatic carbocycles. The number of ether oxygens (including phenoxy) is 1. The summed E-state index contributed by atoms with van der Waals surface area (Å²) < 4.78 is 6.97. The quantitative estimate of drug-likeness (QED) is 0.644. The molecule has 3 heteroatoms. The molecule has 0 aliphatic carbocycles. The molecule has 0 aliphatic rings. The van der Waals surface area contributed by atoms with Gasteiger partial charge in [0.25, 0.3) is 0 Å². The Bertz CT molecular complexity index is 322. The summed E-state index contributed by atoms with van der Waals surface area (Å²) >= 11 is 6.95. The third-order valence-electron chi connectivity index (χ3n) is 2.80. The second-order valence-electron chi connectivity index (χ2n) is 3.88. The van der Waals surface area contributed by atoms with Gasteiger partial charge in [0.15, 0.2) is 0 Å². The maximum absolute atomic E-state index is 5.88. The van der Waals surface area contributed by atoms with Crippen LogP contribution in [0, 0.1) is 5.92 Å². The van der Waals surface area contributed by atoms with Gasteiger partial charge in [-0.05, 0) is 24.1 Å². The fraction of sp³-hybridized carbons (Fsp3) is 0.538. The van der Waals surface area contributed by atoms with E-state index >= 15 is 0 Å². The zero-order chi connectivity index (χ0) is 12.0. The lowest BCUT2D eigenvalue weighted by atomic mass is 10.1. The van der Waals surface area contributed by atoms with Gasteiger partial charge in [0, 0.05) is 15.4 Å². The van der Waals surface area contributed by atoms with E-state index in [1.165, 1.54) is 18.4 Å². The minimum Gasteiger partial charge on any atom is -0.493 e. The number of rotatable bonds is 6. The largest absolute Gasteiger partial charge is 0.493 e. The summed E-state index contributed by atoms with van der Waals surface area (Å²) in [7, 11) is 0. The lowest BCUT2D eigenvalue weighted by Gasteiger charge is -2.15. The molecule has 0 aliphatic heterocycles. The molecule has 0 saturated carbocycles. The molecule has 16 heavy (non-hydrogen) atoms. The van der Waals surface area contributed by atoms with Crippen molar-refractivity contribution in [3.05, 3.63) is 28.2 Å². The third-order valence-corrected chi connectivity index (χ3v) is 3.89. The predicted octanol–water partition coefficient (Wildman–Crippen LogP) is 5.16. The lowest BCUT2D eigenvalue weighted by molar-refractivity contribution is 0.239. The lowest BCUT2D eigenvalue weighted by Crippen LogP contribution is -2.10. The average Bonchev–Trinajstić information content (AvgIpc) is 2.31.